The predicted molar refractivity (Wildman–Crippen MR) is 115 cm³/mol. The zero-order valence-electron chi connectivity index (χ0n) is 18.0. The van der Waals surface area contributed by atoms with Crippen LogP contribution in [0.15, 0.2) is 41.5 Å². The second-order valence-electron chi connectivity index (χ2n) is 7.71. The van der Waals surface area contributed by atoms with Gasteiger partial charge in [-0.25, -0.2) is 4.79 Å². The van der Waals surface area contributed by atoms with Gasteiger partial charge in [-0.15, -0.1) is 5.01 Å². The van der Waals surface area contributed by atoms with Crippen LogP contribution in [0.4, 0.5) is 4.79 Å². The van der Waals surface area contributed by atoms with Crippen molar-refractivity contribution >= 4 is 18.2 Å². The summed E-state index contributed by atoms with van der Waals surface area (Å²) < 4.78 is 16.7. The van der Waals surface area contributed by atoms with Crippen molar-refractivity contribution in [2.24, 2.45) is 5.10 Å². The molecule has 3 amide bonds. The molecule has 8 nitrogen and oxygen atoms in total. The smallest absolute Gasteiger partial charge is 0.346 e. The highest BCUT2D eigenvalue weighted by molar-refractivity contribution is 6.07. The fraction of sp³-hybridized carbons (Fsp3) is 0.348. The molecule has 2 aromatic carbocycles. The van der Waals surface area contributed by atoms with E-state index in [2.05, 4.69) is 10.4 Å². The van der Waals surface area contributed by atoms with Gasteiger partial charge >= 0.3 is 6.03 Å². The molecule has 2 heterocycles. The van der Waals surface area contributed by atoms with Crippen LogP contribution in [0.1, 0.15) is 37.5 Å². The molecule has 162 valence electrons. The van der Waals surface area contributed by atoms with Gasteiger partial charge < -0.3 is 19.5 Å². The lowest BCUT2D eigenvalue weighted by Crippen LogP contribution is -2.40. The highest BCUT2D eigenvalue weighted by atomic mass is 16.5. The molecule has 0 aromatic heterocycles. The summed E-state index contributed by atoms with van der Waals surface area (Å²) in [5.74, 6) is 1.59. The number of carbonyl (C=O) groups excluding carboxylic acids is 2. The van der Waals surface area contributed by atoms with E-state index in [0.717, 1.165) is 22.7 Å². The number of hydrogen-bond donors (Lipinski definition) is 1. The average molecular weight is 423 g/mol. The van der Waals surface area contributed by atoms with Crippen LogP contribution in [-0.2, 0) is 16.8 Å². The second kappa shape index (κ2) is 7.94. The van der Waals surface area contributed by atoms with Crippen molar-refractivity contribution in [3.8, 4) is 17.2 Å². The van der Waals surface area contributed by atoms with E-state index in [1.165, 1.54) is 6.21 Å². The normalized spacial score (nSPS) is 22.5. The Labute approximate surface area is 180 Å². The number of nitrogens with one attached hydrogen (secondary N) is 1. The van der Waals surface area contributed by atoms with Crippen LogP contribution >= 0.6 is 0 Å². The number of fused-ring (bicyclic) bond motifs is 1. The van der Waals surface area contributed by atoms with Crippen molar-refractivity contribution in [3.05, 3.63) is 53.1 Å². The van der Waals surface area contributed by atoms with Gasteiger partial charge in [0.2, 0.25) is 0 Å². The Balaban J connectivity index is 1.61. The number of benzene rings is 2. The van der Waals surface area contributed by atoms with Gasteiger partial charge in [0.15, 0.2) is 0 Å². The summed E-state index contributed by atoms with van der Waals surface area (Å²) in [7, 11) is 1.57. The van der Waals surface area contributed by atoms with E-state index in [9.17, 15) is 9.59 Å². The molecule has 31 heavy (non-hydrogen) atoms. The van der Waals surface area contributed by atoms with Crippen LogP contribution in [-0.4, -0.2) is 43.0 Å². The molecule has 0 saturated carbocycles. The van der Waals surface area contributed by atoms with Crippen molar-refractivity contribution in [2.75, 3.05) is 13.7 Å². The fourth-order valence-corrected chi connectivity index (χ4v) is 3.81. The minimum atomic E-state index is -1.22. The molecule has 1 fully saturated rings. The SMILES string of the molecule is CCOc1cc2c(cc1/C=N\N1C(=O)N[C@](C)(c3ccc(OC)cc3)C1=O)O[C@H](C)C2. The number of hydrogen-bond acceptors (Lipinski definition) is 6. The summed E-state index contributed by atoms with van der Waals surface area (Å²) in [6.45, 7) is 6.03. The summed E-state index contributed by atoms with van der Waals surface area (Å²) in [6, 6.07) is 10.1. The summed E-state index contributed by atoms with van der Waals surface area (Å²) in [5, 5.41) is 7.76. The zero-order valence-corrected chi connectivity index (χ0v) is 18.0. The van der Waals surface area contributed by atoms with Crippen molar-refractivity contribution in [1.29, 1.82) is 0 Å². The number of methoxy groups -OCH3 is 1. The van der Waals surface area contributed by atoms with Gasteiger partial charge in [0.05, 0.1) is 19.9 Å². The lowest BCUT2D eigenvalue weighted by Gasteiger charge is -2.21. The first kappa shape index (κ1) is 20.7. The molecule has 2 aliphatic rings. The molecule has 8 heteroatoms. The van der Waals surface area contributed by atoms with E-state index in [4.69, 9.17) is 14.2 Å². The van der Waals surface area contributed by atoms with Crippen LogP contribution in [0.2, 0.25) is 0 Å². The third kappa shape index (κ3) is 3.69. The van der Waals surface area contributed by atoms with Crippen molar-refractivity contribution in [2.45, 2.75) is 38.8 Å². The van der Waals surface area contributed by atoms with E-state index >= 15 is 0 Å². The molecule has 1 N–H and O–H groups in total. The predicted octanol–water partition coefficient (Wildman–Crippen LogP) is 3.22. The van der Waals surface area contributed by atoms with Gasteiger partial charge in [-0.1, -0.05) is 12.1 Å². The molecule has 0 bridgehead atoms. The maximum absolute atomic E-state index is 13.1. The number of rotatable bonds is 6. The van der Waals surface area contributed by atoms with E-state index < -0.39 is 17.5 Å². The van der Waals surface area contributed by atoms with E-state index in [-0.39, 0.29) is 6.10 Å². The quantitative estimate of drug-likeness (QED) is 0.569. The lowest BCUT2D eigenvalue weighted by molar-refractivity contribution is -0.131. The molecular formula is C23H25N3O5. The van der Waals surface area contributed by atoms with Crippen LogP contribution in [0.25, 0.3) is 0 Å². The number of ether oxygens (including phenoxy) is 3. The van der Waals surface area contributed by atoms with E-state index in [1.807, 2.05) is 26.0 Å². The number of carbonyl (C=O) groups is 2. The van der Waals surface area contributed by atoms with Crippen molar-refractivity contribution in [1.82, 2.24) is 10.3 Å². The second-order valence-corrected chi connectivity index (χ2v) is 7.71. The summed E-state index contributed by atoms with van der Waals surface area (Å²) in [4.78, 5) is 25.7. The molecule has 0 unspecified atom stereocenters. The van der Waals surface area contributed by atoms with Crippen LogP contribution in [0.3, 0.4) is 0 Å². The number of urea groups is 1. The first-order valence-corrected chi connectivity index (χ1v) is 10.2. The Morgan fingerprint density at radius 3 is 2.71 bits per heavy atom. The number of hydrazone groups is 1. The number of amides is 3. The van der Waals surface area contributed by atoms with Crippen LogP contribution < -0.4 is 19.5 Å². The minimum absolute atomic E-state index is 0.0906. The molecule has 4 rings (SSSR count). The van der Waals surface area contributed by atoms with Crippen molar-refractivity contribution < 1.29 is 23.8 Å². The van der Waals surface area contributed by atoms with Crippen LogP contribution in [0, 0.1) is 0 Å². The highest BCUT2D eigenvalue weighted by Gasteiger charge is 2.49. The van der Waals surface area contributed by atoms with Gasteiger partial charge in [0, 0.05) is 17.5 Å². The lowest BCUT2D eigenvalue weighted by atomic mass is 9.92. The molecule has 2 aliphatic heterocycles. The average Bonchev–Trinajstić information content (AvgIpc) is 3.22. The molecule has 0 aliphatic carbocycles. The molecular weight excluding hydrogens is 398 g/mol. The van der Waals surface area contributed by atoms with Gasteiger partial charge in [-0.05, 0) is 50.6 Å². The Hall–Kier alpha value is -3.55. The molecule has 2 atom stereocenters. The van der Waals surface area contributed by atoms with Gasteiger partial charge in [0.25, 0.3) is 5.91 Å². The maximum Gasteiger partial charge on any atom is 0.346 e. The van der Waals surface area contributed by atoms with E-state index in [0.29, 0.717) is 29.2 Å². The first-order chi connectivity index (χ1) is 14.9. The topological polar surface area (TPSA) is 89.5 Å². The van der Waals surface area contributed by atoms with Crippen molar-refractivity contribution in [3.63, 3.8) is 0 Å². The first-order valence-electron chi connectivity index (χ1n) is 10.2. The Morgan fingerprint density at radius 2 is 2.03 bits per heavy atom. The molecule has 2 aromatic rings. The molecule has 0 spiro atoms. The van der Waals surface area contributed by atoms with Crippen LogP contribution in [0.5, 0.6) is 17.2 Å². The monoisotopic (exact) mass is 423 g/mol. The molecule has 1 saturated heterocycles. The molecule has 0 radical (unpaired) electrons. The number of nitrogens with zero attached hydrogens (tertiary/aromatic N) is 2. The Morgan fingerprint density at radius 1 is 1.29 bits per heavy atom. The summed E-state index contributed by atoms with van der Waals surface area (Å²) in [6.07, 6.45) is 2.35. The fourth-order valence-electron chi connectivity index (χ4n) is 3.81. The largest absolute Gasteiger partial charge is 0.497 e. The summed E-state index contributed by atoms with van der Waals surface area (Å²) in [5.41, 5.74) is 1.11. The van der Waals surface area contributed by atoms with Gasteiger partial charge in [0.1, 0.15) is 28.9 Å². The highest BCUT2D eigenvalue weighted by Crippen LogP contribution is 2.35. The standard InChI is InChI=1S/C23H25N3O5/c1-5-30-19-11-15-10-14(2)31-20(15)12-16(19)13-24-26-21(27)23(3,25-22(26)28)17-6-8-18(29-4)9-7-17/h6-9,11-14H,5,10H2,1-4H3,(H,25,28)/b24-13-/t14-,23-/m1/s1. The summed E-state index contributed by atoms with van der Waals surface area (Å²) >= 11 is 0. The maximum atomic E-state index is 13.1. The van der Waals surface area contributed by atoms with Gasteiger partial charge in [-0.3, -0.25) is 4.79 Å². The third-order valence-electron chi connectivity index (χ3n) is 5.48. The number of imide groups is 1. The Kier molecular flexibility index (Phi) is 5.31. The third-order valence-corrected chi connectivity index (χ3v) is 5.48. The Bertz CT molecular complexity index is 1050. The zero-order chi connectivity index (χ0) is 22.2. The minimum Gasteiger partial charge on any atom is -0.497 e. The van der Waals surface area contributed by atoms with Gasteiger partial charge in [-0.2, -0.15) is 5.10 Å². The van der Waals surface area contributed by atoms with E-state index in [1.54, 1.807) is 38.3 Å².